The first-order valence-corrected chi connectivity index (χ1v) is 13.9. The zero-order valence-corrected chi connectivity index (χ0v) is 24.6. The summed E-state index contributed by atoms with van der Waals surface area (Å²) in [6.07, 6.45) is 5.03. The standard InChI is InChI=1S/C15H28O7.C12H26O7/c1-2-4-17-6-8-19-10-12-21-14-15-22-13-11-20-9-7-18-5-3-16;13-1-3-15-5-7-17-9-11-19-12-10-18-8-6-16-4-2-14/h1,16H,3-15H2;13-14H,1-12H2. The molecule has 14 heteroatoms. The first-order chi connectivity index (χ1) is 20.3. The molecule has 3 N–H and O–H groups in total. The molecule has 0 saturated heterocycles. The first-order valence-electron chi connectivity index (χ1n) is 13.9. The summed E-state index contributed by atoms with van der Waals surface area (Å²) < 4.78 is 57.1. The smallest absolute Gasteiger partial charge is 0.107 e. The number of terminal acetylenes is 1. The van der Waals surface area contributed by atoms with Crippen LogP contribution in [-0.4, -0.2) is 180 Å². The fourth-order valence-electron chi connectivity index (χ4n) is 2.41. The van der Waals surface area contributed by atoms with Crippen molar-refractivity contribution >= 4 is 0 Å². The van der Waals surface area contributed by atoms with E-state index < -0.39 is 0 Å². The highest BCUT2D eigenvalue weighted by Crippen LogP contribution is 1.85. The molecular weight excluding hydrogens is 548 g/mol. The first kappa shape index (κ1) is 42.1. The fourth-order valence-corrected chi connectivity index (χ4v) is 2.41. The number of aliphatic hydroxyl groups excluding tert-OH is 3. The molecule has 0 atom stereocenters. The van der Waals surface area contributed by atoms with Crippen molar-refractivity contribution in [1.29, 1.82) is 0 Å². The summed E-state index contributed by atoms with van der Waals surface area (Å²) in [7, 11) is 0. The Kier molecular flexibility index (Phi) is 44.7. The normalized spacial score (nSPS) is 10.9. The summed E-state index contributed by atoms with van der Waals surface area (Å²) >= 11 is 0. The molecule has 0 rings (SSSR count). The van der Waals surface area contributed by atoms with Crippen molar-refractivity contribution in [2.45, 2.75) is 0 Å². The van der Waals surface area contributed by atoms with Crippen LogP contribution in [0, 0.1) is 12.3 Å². The van der Waals surface area contributed by atoms with E-state index in [-0.39, 0.29) is 19.8 Å². The lowest BCUT2D eigenvalue weighted by atomic mass is 10.6. The Labute approximate surface area is 245 Å². The SMILES string of the molecule is C#CCOCCOCCOCCOCCOCCOCCO.OCCOCCOCCOCCOCCOCCO. The van der Waals surface area contributed by atoms with E-state index in [1.165, 1.54) is 0 Å². The third-order valence-corrected chi connectivity index (χ3v) is 4.24. The van der Waals surface area contributed by atoms with Crippen LogP contribution in [0.4, 0.5) is 0 Å². The Morgan fingerprint density at radius 1 is 0.293 bits per heavy atom. The molecule has 0 aromatic carbocycles. The molecule has 0 unspecified atom stereocenters. The second-order valence-electron chi connectivity index (χ2n) is 7.55. The molecule has 14 nitrogen and oxygen atoms in total. The van der Waals surface area contributed by atoms with E-state index in [1.54, 1.807) is 0 Å². The number of hydrogen-bond donors (Lipinski definition) is 3. The van der Waals surface area contributed by atoms with E-state index in [4.69, 9.17) is 73.8 Å². The minimum Gasteiger partial charge on any atom is -0.394 e. The maximum Gasteiger partial charge on any atom is 0.107 e. The minimum atomic E-state index is 0.0354. The van der Waals surface area contributed by atoms with Crippen LogP contribution < -0.4 is 0 Å². The fraction of sp³-hybridized carbons (Fsp3) is 0.926. The van der Waals surface area contributed by atoms with Gasteiger partial charge in [0, 0.05) is 0 Å². The number of aliphatic hydroxyl groups is 3. The maximum absolute atomic E-state index is 8.48. The van der Waals surface area contributed by atoms with Gasteiger partial charge in [0.15, 0.2) is 0 Å². The Balaban J connectivity index is 0. The van der Waals surface area contributed by atoms with E-state index >= 15 is 0 Å². The summed E-state index contributed by atoms with van der Waals surface area (Å²) in [5, 5.41) is 25.4. The highest BCUT2D eigenvalue weighted by atomic mass is 16.6. The second-order valence-corrected chi connectivity index (χ2v) is 7.55. The molecular formula is C27H54O14. The molecule has 0 aliphatic heterocycles. The molecule has 0 saturated carbocycles. The summed E-state index contributed by atoms with van der Waals surface area (Å²) in [5.41, 5.74) is 0. The molecule has 246 valence electrons. The van der Waals surface area contributed by atoms with Gasteiger partial charge in [-0.1, -0.05) is 5.92 Å². The molecule has 0 amide bonds. The van der Waals surface area contributed by atoms with Gasteiger partial charge in [-0.3, -0.25) is 0 Å². The molecule has 0 aliphatic carbocycles. The lowest BCUT2D eigenvalue weighted by Crippen LogP contribution is -2.14. The zero-order valence-electron chi connectivity index (χ0n) is 24.6. The average Bonchev–Trinajstić information content (AvgIpc) is 2.99. The Bertz CT molecular complexity index is 465. The lowest BCUT2D eigenvalue weighted by Gasteiger charge is -2.07. The van der Waals surface area contributed by atoms with Crippen molar-refractivity contribution < 1.29 is 67.4 Å². The van der Waals surface area contributed by atoms with Crippen LogP contribution in [0.3, 0.4) is 0 Å². The van der Waals surface area contributed by atoms with Gasteiger partial charge in [0.2, 0.25) is 0 Å². The number of hydrogen-bond acceptors (Lipinski definition) is 14. The Morgan fingerprint density at radius 3 is 0.634 bits per heavy atom. The number of ether oxygens (including phenoxy) is 11. The predicted octanol–water partition coefficient (Wildman–Crippen LogP) is -1.23. The Morgan fingerprint density at radius 2 is 0.463 bits per heavy atom. The highest BCUT2D eigenvalue weighted by molar-refractivity contribution is 4.82. The lowest BCUT2D eigenvalue weighted by molar-refractivity contribution is -0.0171. The van der Waals surface area contributed by atoms with Gasteiger partial charge in [0.25, 0.3) is 0 Å². The van der Waals surface area contributed by atoms with E-state index in [0.717, 1.165) is 0 Å². The molecule has 0 spiro atoms. The van der Waals surface area contributed by atoms with Crippen LogP contribution in [0.25, 0.3) is 0 Å². The van der Waals surface area contributed by atoms with Crippen molar-refractivity contribution in [3.05, 3.63) is 0 Å². The van der Waals surface area contributed by atoms with Crippen molar-refractivity contribution in [2.75, 3.05) is 165 Å². The highest BCUT2D eigenvalue weighted by Gasteiger charge is 1.95. The van der Waals surface area contributed by atoms with Crippen molar-refractivity contribution in [1.82, 2.24) is 0 Å². The third-order valence-electron chi connectivity index (χ3n) is 4.24. The quantitative estimate of drug-likeness (QED) is 0.0593. The van der Waals surface area contributed by atoms with Gasteiger partial charge in [-0.2, -0.15) is 0 Å². The molecule has 41 heavy (non-hydrogen) atoms. The largest absolute Gasteiger partial charge is 0.394 e. The van der Waals surface area contributed by atoms with Crippen molar-refractivity contribution in [2.24, 2.45) is 0 Å². The monoisotopic (exact) mass is 602 g/mol. The van der Waals surface area contributed by atoms with E-state index in [2.05, 4.69) is 5.92 Å². The van der Waals surface area contributed by atoms with Crippen LogP contribution in [0.1, 0.15) is 0 Å². The van der Waals surface area contributed by atoms with Crippen LogP contribution in [0.5, 0.6) is 0 Å². The molecule has 0 aromatic rings. The van der Waals surface area contributed by atoms with Gasteiger partial charge >= 0.3 is 0 Å². The van der Waals surface area contributed by atoms with Gasteiger partial charge in [-0.25, -0.2) is 0 Å². The van der Waals surface area contributed by atoms with Crippen molar-refractivity contribution in [3.8, 4) is 12.3 Å². The molecule has 0 fully saturated rings. The maximum atomic E-state index is 8.48. The van der Waals surface area contributed by atoms with E-state index in [1.807, 2.05) is 0 Å². The molecule has 0 radical (unpaired) electrons. The zero-order chi connectivity index (χ0) is 30.2. The summed E-state index contributed by atoms with van der Waals surface area (Å²) in [5.74, 6) is 2.38. The van der Waals surface area contributed by atoms with Crippen LogP contribution >= 0.6 is 0 Å². The minimum absolute atomic E-state index is 0.0354. The predicted molar refractivity (Wildman–Crippen MR) is 149 cm³/mol. The van der Waals surface area contributed by atoms with E-state index in [0.29, 0.717) is 145 Å². The molecule has 0 aliphatic rings. The molecule has 0 heterocycles. The van der Waals surface area contributed by atoms with Gasteiger partial charge < -0.3 is 67.4 Å². The summed E-state index contributed by atoms with van der Waals surface area (Å²) in [4.78, 5) is 0. The molecule has 0 aromatic heterocycles. The van der Waals surface area contributed by atoms with Crippen LogP contribution in [0.15, 0.2) is 0 Å². The van der Waals surface area contributed by atoms with Crippen LogP contribution in [0.2, 0.25) is 0 Å². The topological polar surface area (TPSA) is 162 Å². The summed E-state index contributed by atoms with van der Waals surface area (Å²) in [6, 6.07) is 0. The number of rotatable bonds is 34. The van der Waals surface area contributed by atoms with Gasteiger partial charge in [0.05, 0.1) is 159 Å². The van der Waals surface area contributed by atoms with Gasteiger partial charge in [-0.05, 0) is 0 Å². The second kappa shape index (κ2) is 43.5. The van der Waals surface area contributed by atoms with E-state index in [9.17, 15) is 0 Å². The van der Waals surface area contributed by atoms with Crippen molar-refractivity contribution in [3.63, 3.8) is 0 Å². The Hall–Kier alpha value is -1.00. The average molecular weight is 603 g/mol. The molecule has 0 bridgehead atoms. The summed E-state index contributed by atoms with van der Waals surface area (Å²) in [6.45, 7) is 10.6. The van der Waals surface area contributed by atoms with Crippen LogP contribution in [-0.2, 0) is 52.1 Å². The van der Waals surface area contributed by atoms with Gasteiger partial charge in [-0.15, -0.1) is 6.42 Å². The third kappa shape index (κ3) is 46.2. The van der Waals surface area contributed by atoms with Gasteiger partial charge in [0.1, 0.15) is 6.61 Å².